The van der Waals surface area contributed by atoms with Crippen LogP contribution in [0.1, 0.15) is 12.6 Å². The fourth-order valence-corrected chi connectivity index (χ4v) is 1.43. The third kappa shape index (κ3) is 2.16. The molecule has 2 aromatic rings. The second-order valence-corrected chi connectivity index (χ2v) is 3.47. The summed E-state index contributed by atoms with van der Waals surface area (Å²) >= 11 is 0. The second-order valence-electron chi connectivity index (χ2n) is 3.47. The molecule has 2 N–H and O–H groups in total. The van der Waals surface area contributed by atoms with Crippen molar-refractivity contribution in [3.8, 4) is 11.4 Å². The van der Waals surface area contributed by atoms with Crippen molar-refractivity contribution >= 4 is 5.82 Å². The molecular weight excluding hydrogens is 205 g/mol. The third-order valence-corrected chi connectivity index (χ3v) is 2.26. The van der Waals surface area contributed by atoms with E-state index in [-0.39, 0.29) is 5.82 Å². The summed E-state index contributed by atoms with van der Waals surface area (Å²) in [4.78, 5) is 8.46. The lowest BCUT2D eigenvalue weighted by Gasteiger charge is -2.04. The summed E-state index contributed by atoms with van der Waals surface area (Å²) in [5.74, 6) is 0.700. The topological polar surface area (TPSA) is 51.8 Å². The maximum atomic E-state index is 12.8. The molecular formula is C12H12FN3. The lowest BCUT2D eigenvalue weighted by molar-refractivity contribution is 0.628. The van der Waals surface area contributed by atoms with E-state index in [1.165, 1.54) is 12.1 Å². The van der Waals surface area contributed by atoms with Gasteiger partial charge in [0.15, 0.2) is 5.82 Å². The first-order valence-electron chi connectivity index (χ1n) is 5.08. The van der Waals surface area contributed by atoms with E-state index < -0.39 is 0 Å². The Morgan fingerprint density at radius 2 is 1.88 bits per heavy atom. The number of nitrogen functional groups attached to an aromatic ring is 1. The summed E-state index contributed by atoms with van der Waals surface area (Å²) in [6, 6.07) is 7.79. The van der Waals surface area contributed by atoms with Crippen molar-refractivity contribution in [3.63, 3.8) is 0 Å². The van der Waals surface area contributed by atoms with Gasteiger partial charge in [-0.3, -0.25) is 0 Å². The van der Waals surface area contributed by atoms with Crippen molar-refractivity contribution in [2.45, 2.75) is 13.3 Å². The second kappa shape index (κ2) is 4.26. The number of hydrogen-bond donors (Lipinski definition) is 1. The molecule has 2 rings (SSSR count). The highest BCUT2D eigenvalue weighted by molar-refractivity contribution is 5.56. The number of hydrogen-bond acceptors (Lipinski definition) is 3. The van der Waals surface area contributed by atoms with Crippen LogP contribution in [-0.4, -0.2) is 9.97 Å². The number of halogens is 1. The lowest BCUT2D eigenvalue weighted by Crippen LogP contribution is -1.99. The maximum Gasteiger partial charge on any atom is 0.161 e. The molecule has 0 radical (unpaired) electrons. The molecule has 1 aromatic carbocycles. The molecule has 0 spiro atoms. The van der Waals surface area contributed by atoms with E-state index in [4.69, 9.17) is 5.73 Å². The molecule has 0 bridgehead atoms. The van der Waals surface area contributed by atoms with Gasteiger partial charge in [0.2, 0.25) is 0 Å². The largest absolute Gasteiger partial charge is 0.384 e. The number of rotatable bonds is 2. The van der Waals surface area contributed by atoms with Crippen LogP contribution in [0, 0.1) is 5.82 Å². The lowest BCUT2D eigenvalue weighted by atomic mass is 10.2. The molecule has 0 aliphatic carbocycles. The molecule has 0 saturated heterocycles. The van der Waals surface area contributed by atoms with Gasteiger partial charge in [0.1, 0.15) is 11.6 Å². The first-order valence-corrected chi connectivity index (χ1v) is 5.08. The van der Waals surface area contributed by atoms with E-state index in [2.05, 4.69) is 9.97 Å². The molecule has 4 heteroatoms. The minimum absolute atomic E-state index is 0.275. The summed E-state index contributed by atoms with van der Waals surface area (Å²) in [6.07, 6.45) is 0.793. The Morgan fingerprint density at radius 1 is 1.19 bits per heavy atom. The number of benzene rings is 1. The zero-order valence-corrected chi connectivity index (χ0v) is 8.94. The average Bonchev–Trinajstić information content (AvgIpc) is 2.29. The van der Waals surface area contributed by atoms with Gasteiger partial charge in [0, 0.05) is 17.3 Å². The number of nitrogens with zero attached hydrogens (tertiary/aromatic N) is 2. The van der Waals surface area contributed by atoms with E-state index >= 15 is 0 Å². The first kappa shape index (κ1) is 10.5. The van der Waals surface area contributed by atoms with Crippen LogP contribution in [0.15, 0.2) is 30.3 Å². The molecule has 3 nitrogen and oxygen atoms in total. The highest BCUT2D eigenvalue weighted by atomic mass is 19.1. The quantitative estimate of drug-likeness (QED) is 0.840. The van der Waals surface area contributed by atoms with Gasteiger partial charge in [-0.05, 0) is 30.7 Å². The van der Waals surface area contributed by atoms with Crippen molar-refractivity contribution < 1.29 is 4.39 Å². The Kier molecular flexibility index (Phi) is 2.81. The Bertz CT molecular complexity index is 494. The molecule has 82 valence electrons. The monoisotopic (exact) mass is 217 g/mol. The van der Waals surface area contributed by atoms with Gasteiger partial charge in [-0.15, -0.1) is 0 Å². The van der Waals surface area contributed by atoms with Crippen molar-refractivity contribution in [2.75, 3.05) is 5.73 Å². The number of aromatic nitrogens is 2. The van der Waals surface area contributed by atoms with Crippen LogP contribution in [0.2, 0.25) is 0 Å². The number of nitrogens with two attached hydrogens (primary N) is 1. The van der Waals surface area contributed by atoms with Crippen LogP contribution in [0.5, 0.6) is 0 Å². The van der Waals surface area contributed by atoms with Gasteiger partial charge in [0.05, 0.1) is 0 Å². The smallest absolute Gasteiger partial charge is 0.161 e. The summed E-state index contributed by atoms with van der Waals surface area (Å²) in [5.41, 5.74) is 7.33. The van der Waals surface area contributed by atoms with Gasteiger partial charge in [0.25, 0.3) is 0 Å². The van der Waals surface area contributed by atoms with Crippen LogP contribution >= 0.6 is 0 Å². The number of anilines is 1. The molecule has 0 fully saturated rings. The molecule has 1 heterocycles. The van der Waals surface area contributed by atoms with Gasteiger partial charge < -0.3 is 5.73 Å². The molecule has 0 atom stereocenters. The maximum absolute atomic E-state index is 12.8. The van der Waals surface area contributed by atoms with Crippen LogP contribution in [0.25, 0.3) is 11.4 Å². The van der Waals surface area contributed by atoms with E-state index in [0.29, 0.717) is 11.6 Å². The van der Waals surface area contributed by atoms with Gasteiger partial charge in [-0.1, -0.05) is 6.92 Å². The summed E-state index contributed by atoms with van der Waals surface area (Å²) < 4.78 is 12.8. The predicted octanol–water partition coefficient (Wildman–Crippen LogP) is 2.43. The standard InChI is InChI=1S/C12H12FN3/c1-2-10-7-11(14)16-12(15-10)8-3-5-9(13)6-4-8/h3-7H,2H2,1H3,(H2,14,15,16). The summed E-state index contributed by atoms with van der Waals surface area (Å²) in [6.45, 7) is 2.00. The van der Waals surface area contributed by atoms with Crippen LogP contribution in [-0.2, 0) is 6.42 Å². The molecule has 16 heavy (non-hydrogen) atoms. The Labute approximate surface area is 93.2 Å². The average molecular weight is 217 g/mol. The van der Waals surface area contributed by atoms with Crippen LogP contribution in [0.4, 0.5) is 10.2 Å². The summed E-state index contributed by atoms with van der Waals surface area (Å²) in [7, 11) is 0. The predicted molar refractivity (Wildman–Crippen MR) is 61.2 cm³/mol. The minimum Gasteiger partial charge on any atom is -0.384 e. The molecule has 1 aromatic heterocycles. The molecule has 0 aliphatic heterocycles. The summed E-state index contributed by atoms with van der Waals surface area (Å²) in [5, 5.41) is 0. The molecule has 0 unspecified atom stereocenters. The highest BCUT2D eigenvalue weighted by Gasteiger charge is 2.04. The Hall–Kier alpha value is -1.97. The van der Waals surface area contributed by atoms with E-state index in [1.54, 1.807) is 18.2 Å². The van der Waals surface area contributed by atoms with Crippen molar-refractivity contribution in [2.24, 2.45) is 0 Å². The zero-order valence-electron chi connectivity index (χ0n) is 8.94. The Morgan fingerprint density at radius 3 is 2.50 bits per heavy atom. The van der Waals surface area contributed by atoms with Crippen LogP contribution in [0.3, 0.4) is 0 Å². The van der Waals surface area contributed by atoms with E-state index in [0.717, 1.165) is 17.7 Å². The Balaban J connectivity index is 2.47. The van der Waals surface area contributed by atoms with Gasteiger partial charge in [-0.25, -0.2) is 14.4 Å². The third-order valence-electron chi connectivity index (χ3n) is 2.26. The van der Waals surface area contributed by atoms with Crippen LogP contribution < -0.4 is 5.73 Å². The molecule has 0 aliphatic rings. The van der Waals surface area contributed by atoms with Gasteiger partial charge >= 0.3 is 0 Å². The van der Waals surface area contributed by atoms with Gasteiger partial charge in [-0.2, -0.15) is 0 Å². The fourth-order valence-electron chi connectivity index (χ4n) is 1.43. The van der Waals surface area contributed by atoms with E-state index in [9.17, 15) is 4.39 Å². The van der Waals surface area contributed by atoms with E-state index in [1.807, 2.05) is 6.92 Å². The SMILES string of the molecule is CCc1cc(N)nc(-c2ccc(F)cc2)n1. The minimum atomic E-state index is -0.275. The fraction of sp³-hybridized carbons (Fsp3) is 0.167. The van der Waals surface area contributed by atoms with Crippen molar-refractivity contribution in [3.05, 3.63) is 41.8 Å². The highest BCUT2D eigenvalue weighted by Crippen LogP contribution is 2.17. The molecule has 0 saturated carbocycles. The molecule has 0 amide bonds. The number of aryl methyl sites for hydroxylation is 1. The van der Waals surface area contributed by atoms with Crippen molar-refractivity contribution in [1.82, 2.24) is 9.97 Å². The van der Waals surface area contributed by atoms with Crippen molar-refractivity contribution in [1.29, 1.82) is 0 Å². The zero-order chi connectivity index (χ0) is 11.5. The normalized spacial score (nSPS) is 10.4. The first-order chi connectivity index (χ1) is 7.69.